The summed E-state index contributed by atoms with van der Waals surface area (Å²) in [5.41, 5.74) is 1.19. The van der Waals surface area contributed by atoms with Crippen LogP contribution < -0.4 is 5.09 Å². The van der Waals surface area contributed by atoms with Gasteiger partial charge in [-0.2, -0.15) is 0 Å². The Morgan fingerprint density at radius 1 is 0.935 bits per heavy atom. The molecule has 2 saturated heterocycles. The smallest absolute Gasteiger partial charge is 0.270 e. The SMILES string of the molecule is CC(C)N1[C@@H]2CCCC[C@H]2N(C(C)C)P1(=O)N[C@H](c1ccc(Cl)cc1)C1SCCCS1. The van der Waals surface area contributed by atoms with E-state index in [1.54, 1.807) is 0 Å². The van der Waals surface area contributed by atoms with Crippen LogP contribution in [0, 0.1) is 0 Å². The summed E-state index contributed by atoms with van der Waals surface area (Å²) < 4.78 is 20.2. The van der Waals surface area contributed by atoms with Crippen LogP contribution in [0.15, 0.2) is 24.3 Å². The molecule has 2 aliphatic heterocycles. The van der Waals surface area contributed by atoms with Gasteiger partial charge in [0.15, 0.2) is 0 Å². The summed E-state index contributed by atoms with van der Waals surface area (Å²) in [5, 5.41) is 4.59. The number of thioether (sulfide) groups is 2. The molecule has 0 spiro atoms. The Morgan fingerprint density at radius 2 is 1.45 bits per heavy atom. The van der Waals surface area contributed by atoms with E-state index in [1.807, 2.05) is 35.7 Å². The van der Waals surface area contributed by atoms with Crippen LogP contribution in [-0.4, -0.2) is 49.6 Å². The minimum absolute atomic E-state index is 0.0288. The second-order valence-electron chi connectivity index (χ2n) is 9.53. The fourth-order valence-corrected chi connectivity index (χ4v) is 12.8. The summed E-state index contributed by atoms with van der Waals surface area (Å²) >= 11 is 10.2. The molecule has 3 fully saturated rings. The van der Waals surface area contributed by atoms with Crippen molar-refractivity contribution in [2.45, 2.75) is 94.6 Å². The van der Waals surface area contributed by atoms with E-state index in [-0.39, 0.29) is 18.1 Å². The van der Waals surface area contributed by atoms with Gasteiger partial charge < -0.3 is 0 Å². The van der Waals surface area contributed by atoms with Crippen molar-refractivity contribution in [3.63, 3.8) is 0 Å². The van der Waals surface area contributed by atoms with E-state index in [4.69, 9.17) is 11.6 Å². The molecule has 2 heterocycles. The monoisotopic (exact) mass is 501 g/mol. The molecule has 174 valence electrons. The quantitative estimate of drug-likeness (QED) is 0.422. The van der Waals surface area contributed by atoms with Gasteiger partial charge in [0.2, 0.25) is 0 Å². The first-order valence-corrected chi connectivity index (χ1v) is 15.9. The van der Waals surface area contributed by atoms with Gasteiger partial charge >= 0.3 is 0 Å². The number of hydrogen-bond donors (Lipinski definition) is 1. The third-order valence-electron chi connectivity index (χ3n) is 6.72. The van der Waals surface area contributed by atoms with E-state index >= 15 is 4.57 Å². The van der Waals surface area contributed by atoms with E-state index in [1.165, 1.54) is 36.3 Å². The molecule has 1 aromatic carbocycles. The molecule has 0 radical (unpaired) electrons. The lowest BCUT2D eigenvalue weighted by molar-refractivity contribution is 0.173. The largest absolute Gasteiger partial charge is 0.285 e. The van der Waals surface area contributed by atoms with E-state index in [9.17, 15) is 0 Å². The molecule has 0 bridgehead atoms. The van der Waals surface area contributed by atoms with Crippen molar-refractivity contribution < 1.29 is 4.57 Å². The number of hydrogen-bond acceptors (Lipinski definition) is 3. The summed E-state index contributed by atoms with van der Waals surface area (Å²) in [7, 11) is -2.95. The summed E-state index contributed by atoms with van der Waals surface area (Å²) in [4.78, 5) is 0. The molecule has 8 heteroatoms. The predicted molar refractivity (Wildman–Crippen MR) is 138 cm³/mol. The van der Waals surface area contributed by atoms with Gasteiger partial charge in [0.1, 0.15) is 0 Å². The molecule has 3 atom stereocenters. The highest BCUT2D eigenvalue weighted by molar-refractivity contribution is 8.17. The molecule has 0 aromatic heterocycles. The van der Waals surface area contributed by atoms with Crippen LogP contribution in [0.3, 0.4) is 0 Å². The van der Waals surface area contributed by atoms with Crippen LogP contribution >= 0.6 is 42.7 Å². The second-order valence-corrected chi connectivity index (χ2v) is 15.0. The molecular formula is C23H37ClN3OPS2. The van der Waals surface area contributed by atoms with Gasteiger partial charge in [-0.25, -0.2) is 14.4 Å². The average molecular weight is 502 g/mol. The Morgan fingerprint density at radius 3 is 1.94 bits per heavy atom. The fraction of sp³-hybridized carbons (Fsp3) is 0.739. The highest BCUT2D eigenvalue weighted by Crippen LogP contribution is 2.64. The van der Waals surface area contributed by atoms with E-state index in [0.29, 0.717) is 16.7 Å². The van der Waals surface area contributed by atoms with Gasteiger partial charge in [-0.3, -0.25) is 4.57 Å². The second kappa shape index (κ2) is 10.3. The molecule has 0 unspecified atom stereocenters. The topological polar surface area (TPSA) is 35.6 Å². The van der Waals surface area contributed by atoms with Crippen molar-refractivity contribution in [1.82, 2.24) is 14.4 Å². The number of nitrogens with one attached hydrogen (secondary N) is 1. The normalized spacial score (nSPS) is 28.9. The molecular weight excluding hydrogens is 465 g/mol. The van der Waals surface area contributed by atoms with Gasteiger partial charge in [-0.1, -0.05) is 36.6 Å². The van der Waals surface area contributed by atoms with Crippen LogP contribution in [0.1, 0.15) is 71.4 Å². The van der Waals surface area contributed by atoms with Crippen LogP contribution in [0.25, 0.3) is 0 Å². The summed E-state index contributed by atoms with van der Waals surface area (Å²) in [6.45, 7) is 8.85. The van der Waals surface area contributed by atoms with Crippen molar-refractivity contribution >= 4 is 42.7 Å². The third kappa shape index (κ3) is 4.92. The Bertz CT molecular complexity index is 760. The van der Waals surface area contributed by atoms with E-state index < -0.39 is 7.59 Å². The number of benzene rings is 1. The van der Waals surface area contributed by atoms with Gasteiger partial charge in [-0.05, 0) is 76.2 Å². The van der Waals surface area contributed by atoms with Crippen LogP contribution in [-0.2, 0) is 4.57 Å². The lowest BCUT2D eigenvalue weighted by atomic mass is 9.89. The zero-order valence-electron chi connectivity index (χ0n) is 19.2. The predicted octanol–water partition coefficient (Wildman–Crippen LogP) is 7.02. The van der Waals surface area contributed by atoms with Gasteiger partial charge in [0.25, 0.3) is 7.59 Å². The zero-order valence-corrected chi connectivity index (χ0v) is 22.5. The summed E-state index contributed by atoms with van der Waals surface area (Å²) in [6, 6.07) is 9.44. The minimum Gasteiger partial charge on any atom is -0.270 e. The number of fused-ring (bicyclic) bond motifs is 1. The highest BCUT2D eigenvalue weighted by atomic mass is 35.5. The fourth-order valence-electron chi connectivity index (χ4n) is 5.60. The van der Waals surface area contributed by atoms with Crippen molar-refractivity contribution in [2.24, 2.45) is 0 Å². The minimum atomic E-state index is -2.95. The number of halogens is 1. The highest BCUT2D eigenvalue weighted by Gasteiger charge is 2.57. The standard InChI is InChI=1S/C23H37ClN3OPS2/c1-16(2)26-20-8-5-6-9-21(20)27(17(3)4)29(26,28)25-22(23-30-14-7-15-31-23)18-10-12-19(24)13-11-18/h10-13,16-17,20-23H,5-9,14-15H2,1-4H3,(H,25,28)/t20-,21-,22-/m1/s1. The van der Waals surface area contributed by atoms with E-state index in [0.717, 1.165) is 17.9 Å². The molecule has 0 amide bonds. The average Bonchev–Trinajstić information content (AvgIpc) is 3.01. The molecule has 31 heavy (non-hydrogen) atoms. The molecule has 1 saturated carbocycles. The van der Waals surface area contributed by atoms with Crippen LogP contribution in [0.5, 0.6) is 0 Å². The zero-order chi connectivity index (χ0) is 22.2. The lowest BCUT2D eigenvalue weighted by Gasteiger charge is -2.40. The van der Waals surface area contributed by atoms with Crippen molar-refractivity contribution in [3.05, 3.63) is 34.9 Å². The summed E-state index contributed by atoms with van der Waals surface area (Å²) in [6.07, 6.45) is 6.03. The number of rotatable bonds is 6. The molecule has 3 aliphatic rings. The van der Waals surface area contributed by atoms with Crippen molar-refractivity contribution in [3.8, 4) is 0 Å². The first-order valence-electron chi connectivity index (χ1n) is 11.8. The van der Waals surface area contributed by atoms with Gasteiger partial charge in [-0.15, -0.1) is 23.5 Å². The first kappa shape index (κ1) is 24.4. The maximum Gasteiger partial charge on any atom is 0.285 e. The maximum absolute atomic E-state index is 15.1. The molecule has 4 nitrogen and oxygen atoms in total. The number of nitrogens with zero attached hydrogens (tertiary/aromatic N) is 2. The van der Waals surface area contributed by atoms with Crippen LogP contribution in [0.2, 0.25) is 5.02 Å². The Hall–Kier alpha value is 0.320. The third-order valence-corrected chi connectivity index (χ3v) is 13.4. The van der Waals surface area contributed by atoms with Crippen molar-refractivity contribution in [2.75, 3.05) is 11.5 Å². The first-order chi connectivity index (χ1) is 14.8. The molecule has 1 aromatic rings. The Kier molecular flexibility index (Phi) is 8.12. The molecule has 1 N–H and O–H groups in total. The molecule has 4 rings (SSSR count). The molecule has 1 aliphatic carbocycles. The maximum atomic E-state index is 15.1. The lowest BCUT2D eigenvalue weighted by Crippen LogP contribution is -2.43. The van der Waals surface area contributed by atoms with Crippen molar-refractivity contribution in [1.29, 1.82) is 0 Å². The van der Waals surface area contributed by atoms with Gasteiger partial charge in [0, 0.05) is 29.2 Å². The Labute approximate surface area is 202 Å². The van der Waals surface area contributed by atoms with Crippen LogP contribution in [0.4, 0.5) is 0 Å². The van der Waals surface area contributed by atoms with Gasteiger partial charge in [0.05, 0.1) is 10.6 Å². The van der Waals surface area contributed by atoms with E-state index in [2.05, 4.69) is 54.3 Å². The summed E-state index contributed by atoms with van der Waals surface area (Å²) in [5.74, 6) is 2.33. The Balaban J connectivity index is 1.74.